The van der Waals surface area contributed by atoms with Crippen LogP contribution < -0.4 is 9.80 Å². The van der Waals surface area contributed by atoms with Crippen LogP contribution in [0.3, 0.4) is 0 Å². The number of hydrogen-bond donors (Lipinski definition) is 0. The van der Waals surface area contributed by atoms with E-state index in [4.69, 9.17) is 15.8 Å². The van der Waals surface area contributed by atoms with E-state index in [1.807, 2.05) is 41.3 Å². The van der Waals surface area contributed by atoms with Crippen molar-refractivity contribution in [1.82, 2.24) is 4.98 Å². The first-order valence-corrected chi connectivity index (χ1v) is 13.6. The standard InChI is InChI=1S/C23H22ClN3O4S2/c1-33(29,30)31-19-9-10-26(14-19)21-7-6-18(13-25-21)27-11-8-16-12-20(32-22(16)23(27)28)15-2-4-17(24)5-3-15/h2-7,12-13,19H,8-11,14H2,1H3/t19-/m0/s1. The third kappa shape index (κ3) is 4.77. The minimum absolute atomic E-state index is 0.0150. The molecule has 0 N–H and O–H groups in total. The highest BCUT2D eigenvalue weighted by molar-refractivity contribution is 7.86. The number of halogens is 1. The average molecular weight is 504 g/mol. The second-order valence-corrected chi connectivity index (χ2v) is 11.3. The molecular weight excluding hydrogens is 482 g/mol. The van der Waals surface area contributed by atoms with Gasteiger partial charge in [0, 0.05) is 29.5 Å². The second-order valence-electron chi connectivity index (χ2n) is 8.21. The SMILES string of the molecule is CS(=O)(=O)O[C@H]1CCN(c2ccc(N3CCc4cc(-c5ccc(Cl)cc5)sc4C3=O)cn2)C1. The monoisotopic (exact) mass is 503 g/mol. The van der Waals surface area contributed by atoms with Crippen LogP contribution in [-0.2, 0) is 20.7 Å². The van der Waals surface area contributed by atoms with Gasteiger partial charge >= 0.3 is 0 Å². The summed E-state index contributed by atoms with van der Waals surface area (Å²) in [6.07, 6.45) is 3.81. The zero-order valence-electron chi connectivity index (χ0n) is 17.9. The third-order valence-electron chi connectivity index (χ3n) is 5.81. The number of carbonyl (C=O) groups is 1. The lowest BCUT2D eigenvalue weighted by Crippen LogP contribution is -2.36. The minimum Gasteiger partial charge on any atom is -0.354 e. The molecule has 33 heavy (non-hydrogen) atoms. The molecule has 2 aliphatic rings. The summed E-state index contributed by atoms with van der Waals surface area (Å²) in [6, 6.07) is 13.5. The molecule has 7 nitrogen and oxygen atoms in total. The molecular formula is C23H22ClN3O4S2. The molecule has 1 atom stereocenters. The van der Waals surface area contributed by atoms with E-state index in [0.717, 1.165) is 45.1 Å². The topological polar surface area (TPSA) is 79.8 Å². The van der Waals surface area contributed by atoms with Gasteiger partial charge in [-0.2, -0.15) is 8.42 Å². The number of fused-ring (bicyclic) bond motifs is 1. The van der Waals surface area contributed by atoms with Crippen LogP contribution in [-0.4, -0.2) is 51.3 Å². The number of hydrogen-bond acceptors (Lipinski definition) is 7. The van der Waals surface area contributed by atoms with Crippen molar-refractivity contribution in [2.24, 2.45) is 0 Å². The van der Waals surface area contributed by atoms with Gasteiger partial charge in [-0.15, -0.1) is 11.3 Å². The Morgan fingerprint density at radius 1 is 1.15 bits per heavy atom. The van der Waals surface area contributed by atoms with Crippen LogP contribution in [0.25, 0.3) is 10.4 Å². The van der Waals surface area contributed by atoms with E-state index in [0.29, 0.717) is 31.1 Å². The second kappa shape index (κ2) is 8.72. The number of aromatic nitrogens is 1. The van der Waals surface area contributed by atoms with Crippen LogP contribution in [0.1, 0.15) is 21.7 Å². The molecule has 1 saturated heterocycles. The number of pyridine rings is 1. The Kier molecular flexibility index (Phi) is 5.90. The molecule has 2 aliphatic heterocycles. The summed E-state index contributed by atoms with van der Waals surface area (Å²) in [7, 11) is -3.48. The highest BCUT2D eigenvalue weighted by atomic mass is 35.5. The van der Waals surface area contributed by atoms with Crippen molar-refractivity contribution in [3.05, 3.63) is 64.1 Å². The number of carbonyl (C=O) groups excluding carboxylic acids is 1. The largest absolute Gasteiger partial charge is 0.354 e. The molecule has 0 radical (unpaired) electrons. The highest BCUT2D eigenvalue weighted by Gasteiger charge is 2.30. The van der Waals surface area contributed by atoms with Crippen molar-refractivity contribution in [3.8, 4) is 10.4 Å². The van der Waals surface area contributed by atoms with E-state index in [9.17, 15) is 13.2 Å². The zero-order valence-corrected chi connectivity index (χ0v) is 20.3. The van der Waals surface area contributed by atoms with Gasteiger partial charge in [0.2, 0.25) is 0 Å². The number of nitrogens with zero attached hydrogens (tertiary/aromatic N) is 3. The van der Waals surface area contributed by atoms with Gasteiger partial charge in [0.05, 0.1) is 29.1 Å². The maximum Gasteiger partial charge on any atom is 0.268 e. The molecule has 4 heterocycles. The van der Waals surface area contributed by atoms with E-state index in [1.165, 1.54) is 11.3 Å². The van der Waals surface area contributed by atoms with Gasteiger partial charge in [0.25, 0.3) is 16.0 Å². The van der Waals surface area contributed by atoms with Crippen molar-refractivity contribution in [2.75, 3.05) is 35.7 Å². The number of anilines is 2. The fourth-order valence-electron chi connectivity index (χ4n) is 4.24. The number of benzene rings is 1. The average Bonchev–Trinajstić information content (AvgIpc) is 3.41. The Bertz CT molecular complexity index is 1290. The lowest BCUT2D eigenvalue weighted by Gasteiger charge is -2.27. The molecule has 10 heteroatoms. The van der Waals surface area contributed by atoms with E-state index >= 15 is 0 Å². The fourth-order valence-corrected chi connectivity index (χ4v) is 6.18. The van der Waals surface area contributed by atoms with Crippen molar-refractivity contribution in [1.29, 1.82) is 0 Å². The van der Waals surface area contributed by atoms with Gasteiger partial charge in [-0.05, 0) is 54.3 Å². The fraction of sp³-hybridized carbons (Fsp3) is 0.304. The third-order valence-corrected chi connectivity index (χ3v) is 7.89. The molecule has 3 aromatic rings. The molecule has 0 unspecified atom stereocenters. The molecule has 0 spiro atoms. The van der Waals surface area contributed by atoms with E-state index < -0.39 is 10.1 Å². The Labute approximate surface area is 201 Å². The summed E-state index contributed by atoms with van der Waals surface area (Å²) in [6.45, 7) is 1.73. The van der Waals surface area contributed by atoms with E-state index in [1.54, 1.807) is 11.1 Å². The quantitative estimate of drug-likeness (QED) is 0.485. The first-order valence-electron chi connectivity index (χ1n) is 10.6. The summed E-state index contributed by atoms with van der Waals surface area (Å²) >= 11 is 7.50. The molecule has 2 aromatic heterocycles. The number of amides is 1. The predicted octanol–water partition coefficient (Wildman–Crippen LogP) is 4.22. The summed E-state index contributed by atoms with van der Waals surface area (Å²) in [4.78, 5) is 23.3. The van der Waals surface area contributed by atoms with Gasteiger partial charge < -0.3 is 9.80 Å². The maximum atomic E-state index is 13.2. The Balaban J connectivity index is 1.30. The Morgan fingerprint density at radius 3 is 2.64 bits per heavy atom. The van der Waals surface area contributed by atoms with E-state index in [2.05, 4.69) is 11.1 Å². The summed E-state index contributed by atoms with van der Waals surface area (Å²) < 4.78 is 27.8. The van der Waals surface area contributed by atoms with Gasteiger partial charge in [-0.25, -0.2) is 4.98 Å². The lowest BCUT2D eigenvalue weighted by atomic mass is 10.1. The maximum absolute atomic E-state index is 13.2. The predicted molar refractivity (Wildman–Crippen MR) is 131 cm³/mol. The smallest absolute Gasteiger partial charge is 0.268 e. The van der Waals surface area contributed by atoms with Crippen LogP contribution in [0.2, 0.25) is 5.02 Å². The first kappa shape index (κ1) is 22.3. The van der Waals surface area contributed by atoms with Crippen LogP contribution in [0.4, 0.5) is 11.5 Å². The summed E-state index contributed by atoms with van der Waals surface area (Å²) in [5, 5.41) is 0.686. The number of thiophene rings is 1. The van der Waals surface area contributed by atoms with Crippen LogP contribution in [0, 0.1) is 0 Å². The van der Waals surface area contributed by atoms with Crippen LogP contribution >= 0.6 is 22.9 Å². The zero-order chi connectivity index (χ0) is 23.2. The van der Waals surface area contributed by atoms with Gasteiger partial charge in [-0.3, -0.25) is 8.98 Å². The van der Waals surface area contributed by atoms with Gasteiger partial charge in [0.1, 0.15) is 5.82 Å². The van der Waals surface area contributed by atoms with E-state index in [-0.39, 0.29) is 12.0 Å². The first-order chi connectivity index (χ1) is 15.8. The Hall–Kier alpha value is -2.46. The molecule has 0 bridgehead atoms. The Morgan fingerprint density at radius 2 is 1.94 bits per heavy atom. The molecule has 1 amide bonds. The molecule has 1 aromatic carbocycles. The summed E-state index contributed by atoms with van der Waals surface area (Å²) in [5.74, 6) is 0.725. The number of rotatable bonds is 5. The summed E-state index contributed by atoms with van der Waals surface area (Å²) in [5.41, 5.74) is 2.87. The normalized spacial score (nSPS) is 18.6. The van der Waals surface area contributed by atoms with Gasteiger partial charge in [-0.1, -0.05) is 23.7 Å². The minimum atomic E-state index is -3.48. The molecule has 1 fully saturated rings. The van der Waals surface area contributed by atoms with Gasteiger partial charge in [0.15, 0.2) is 0 Å². The molecule has 0 aliphatic carbocycles. The molecule has 5 rings (SSSR count). The van der Waals surface area contributed by atoms with Crippen molar-refractivity contribution < 1.29 is 17.4 Å². The van der Waals surface area contributed by atoms with Crippen molar-refractivity contribution >= 4 is 50.5 Å². The molecule has 172 valence electrons. The van der Waals surface area contributed by atoms with Crippen molar-refractivity contribution in [3.63, 3.8) is 0 Å². The lowest BCUT2D eigenvalue weighted by molar-refractivity contribution is 0.0985. The van der Waals surface area contributed by atoms with Crippen LogP contribution in [0.5, 0.6) is 0 Å². The van der Waals surface area contributed by atoms with Crippen molar-refractivity contribution in [2.45, 2.75) is 18.9 Å². The molecule has 0 saturated carbocycles. The highest BCUT2D eigenvalue weighted by Crippen LogP contribution is 2.36. The van der Waals surface area contributed by atoms with Crippen LogP contribution in [0.15, 0.2) is 48.7 Å².